The fraction of sp³-hybridized carbons (Fsp3) is 0.364. The molecule has 28 heavy (non-hydrogen) atoms. The molecule has 1 aliphatic carbocycles. The molecule has 2 aromatic rings. The summed E-state index contributed by atoms with van der Waals surface area (Å²) >= 11 is 0. The number of nitrogens with zero attached hydrogens (tertiary/aromatic N) is 1. The SMILES string of the molecule is N=C1N[C@]2(CC(=O)N1C1CCOCC1)Cc1c(Nc3ccccc3)cccc12. The Morgan fingerprint density at radius 2 is 1.86 bits per heavy atom. The van der Waals surface area contributed by atoms with Crippen molar-refractivity contribution in [3.63, 3.8) is 0 Å². The molecule has 2 aromatic carbocycles. The van der Waals surface area contributed by atoms with Gasteiger partial charge in [-0.3, -0.25) is 15.1 Å². The fourth-order valence-electron chi connectivity index (χ4n) is 4.71. The Hall–Kier alpha value is -2.86. The van der Waals surface area contributed by atoms with Gasteiger partial charge in [0.05, 0.1) is 12.0 Å². The molecular weight excluding hydrogens is 352 g/mol. The van der Waals surface area contributed by atoms with Crippen LogP contribution in [0.3, 0.4) is 0 Å². The Morgan fingerprint density at radius 1 is 1.07 bits per heavy atom. The molecule has 2 fully saturated rings. The van der Waals surface area contributed by atoms with Crippen LogP contribution in [0.4, 0.5) is 11.4 Å². The number of ether oxygens (including phenoxy) is 1. The lowest BCUT2D eigenvalue weighted by molar-refractivity contribution is -0.134. The van der Waals surface area contributed by atoms with Crippen LogP contribution in [0.25, 0.3) is 0 Å². The van der Waals surface area contributed by atoms with E-state index in [0.29, 0.717) is 19.6 Å². The Morgan fingerprint density at radius 3 is 2.61 bits per heavy atom. The topological polar surface area (TPSA) is 77.5 Å². The molecule has 1 atom stereocenters. The van der Waals surface area contributed by atoms with Crippen LogP contribution in [0.5, 0.6) is 0 Å². The van der Waals surface area contributed by atoms with Crippen LogP contribution in [0.15, 0.2) is 48.5 Å². The van der Waals surface area contributed by atoms with Crippen molar-refractivity contribution >= 4 is 23.2 Å². The number of guanidine groups is 1. The van der Waals surface area contributed by atoms with Crippen molar-refractivity contribution in [2.75, 3.05) is 18.5 Å². The van der Waals surface area contributed by atoms with Crippen molar-refractivity contribution in [1.82, 2.24) is 10.2 Å². The summed E-state index contributed by atoms with van der Waals surface area (Å²) in [6, 6.07) is 16.3. The number of carbonyl (C=O) groups excluding carboxylic acids is 1. The average molecular weight is 376 g/mol. The Balaban J connectivity index is 1.38. The molecule has 5 rings (SSSR count). The highest BCUT2D eigenvalue weighted by Crippen LogP contribution is 2.47. The van der Waals surface area contributed by atoms with E-state index < -0.39 is 5.54 Å². The summed E-state index contributed by atoms with van der Waals surface area (Å²) in [6.45, 7) is 1.31. The summed E-state index contributed by atoms with van der Waals surface area (Å²) in [4.78, 5) is 14.6. The quantitative estimate of drug-likeness (QED) is 0.769. The highest BCUT2D eigenvalue weighted by Gasteiger charge is 2.51. The minimum atomic E-state index is -0.445. The first-order valence-corrected chi connectivity index (χ1v) is 9.87. The molecule has 1 spiro atoms. The molecule has 0 bridgehead atoms. The number of nitrogens with one attached hydrogen (secondary N) is 3. The van der Waals surface area contributed by atoms with E-state index in [4.69, 9.17) is 10.1 Å². The molecule has 6 nitrogen and oxygen atoms in total. The highest BCUT2D eigenvalue weighted by molar-refractivity contribution is 6.00. The summed E-state index contributed by atoms with van der Waals surface area (Å²) in [7, 11) is 0. The van der Waals surface area contributed by atoms with Gasteiger partial charge in [-0.1, -0.05) is 30.3 Å². The van der Waals surface area contributed by atoms with Gasteiger partial charge < -0.3 is 15.4 Å². The number of benzene rings is 2. The second-order valence-corrected chi connectivity index (χ2v) is 7.84. The van der Waals surface area contributed by atoms with Gasteiger partial charge in [0, 0.05) is 37.1 Å². The monoisotopic (exact) mass is 376 g/mol. The average Bonchev–Trinajstić information content (AvgIpc) is 2.70. The molecule has 2 heterocycles. The predicted molar refractivity (Wildman–Crippen MR) is 108 cm³/mol. The Kier molecular flexibility index (Phi) is 4.09. The minimum Gasteiger partial charge on any atom is -0.381 e. The van der Waals surface area contributed by atoms with E-state index >= 15 is 0 Å². The molecule has 0 radical (unpaired) electrons. The van der Waals surface area contributed by atoms with Crippen molar-refractivity contribution < 1.29 is 9.53 Å². The normalized spacial score (nSPS) is 24.5. The minimum absolute atomic E-state index is 0.0442. The van der Waals surface area contributed by atoms with Crippen LogP contribution < -0.4 is 10.6 Å². The van der Waals surface area contributed by atoms with E-state index in [2.05, 4.69) is 22.8 Å². The van der Waals surface area contributed by atoms with Gasteiger partial charge >= 0.3 is 0 Å². The molecule has 0 saturated carbocycles. The molecule has 2 aliphatic heterocycles. The van der Waals surface area contributed by atoms with Gasteiger partial charge in [-0.25, -0.2) is 0 Å². The van der Waals surface area contributed by atoms with Crippen LogP contribution in [0.2, 0.25) is 0 Å². The lowest BCUT2D eigenvalue weighted by atomic mass is 9.67. The van der Waals surface area contributed by atoms with Crippen molar-refractivity contribution in [3.05, 3.63) is 59.7 Å². The Bertz CT molecular complexity index is 903. The van der Waals surface area contributed by atoms with Crippen LogP contribution in [0, 0.1) is 5.41 Å². The molecule has 1 amide bonds. The van der Waals surface area contributed by atoms with Crippen LogP contribution in [-0.4, -0.2) is 36.0 Å². The molecule has 2 saturated heterocycles. The molecule has 3 aliphatic rings. The van der Waals surface area contributed by atoms with Gasteiger partial charge in [0.15, 0.2) is 5.96 Å². The summed E-state index contributed by atoms with van der Waals surface area (Å²) in [6.07, 6.45) is 2.73. The maximum absolute atomic E-state index is 13.0. The highest BCUT2D eigenvalue weighted by atomic mass is 16.5. The zero-order valence-corrected chi connectivity index (χ0v) is 15.7. The number of anilines is 2. The van der Waals surface area contributed by atoms with E-state index in [-0.39, 0.29) is 17.9 Å². The number of fused-ring (bicyclic) bond motifs is 2. The first-order valence-electron chi connectivity index (χ1n) is 9.87. The molecule has 0 unspecified atom stereocenters. The first kappa shape index (κ1) is 17.3. The molecule has 144 valence electrons. The van der Waals surface area contributed by atoms with Gasteiger partial charge in [0.25, 0.3) is 0 Å². The third-order valence-corrected chi connectivity index (χ3v) is 6.10. The number of amides is 1. The summed E-state index contributed by atoms with van der Waals surface area (Å²) in [5.74, 6) is 0.276. The van der Waals surface area contributed by atoms with E-state index in [1.165, 1.54) is 5.56 Å². The molecular formula is C22H24N4O2. The molecule has 6 heteroatoms. The number of rotatable bonds is 3. The van der Waals surface area contributed by atoms with Crippen LogP contribution in [0.1, 0.15) is 30.4 Å². The van der Waals surface area contributed by atoms with Gasteiger partial charge in [0.1, 0.15) is 0 Å². The first-order chi connectivity index (χ1) is 13.7. The van der Waals surface area contributed by atoms with Crippen molar-refractivity contribution in [2.24, 2.45) is 0 Å². The largest absolute Gasteiger partial charge is 0.381 e. The van der Waals surface area contributed by atoms with E-state index in [1.807, 2.05) is 36.4 Å². The summed E-state index contributed by atoms with van der Waals surface area (Å²) in [5, 5.41) is 15.4. The van der Waals surface area contributed by atoms with Gasteiger partial charge in [-0.05, 0) is 42.2 Å². The second kappa shape index (κ2) is 6.63. The van der Waals surface area contributed by atoms with Gasteiger partial charge in [-0.2, -0.15) is 0 Å². The van der Waals surface area contributed by atoms with E-state index in [1.54, 1.807) is 4.90 Å². The third kappa shape index (κ3) is 2.76. The van der Waals surface area contributed by atoms with Crippen molar-refractivity contribution in [2.45, 2.75) is 37.3 Å². The van der Waals surface area contributed by atoms with Crippen LogP contribution >= 0.6 is 0 Å². The summed E-state index contributed by atoms with van der Waals surface area (Å²) < 4.78 is 5.41. The second-order valence-electron chi connectivity index (χ2n) is 7.84. The molecule has 0 aromatic heterocycles. The third-order valence-electron chi connectivity index (χ3n) is 6.10. The standard InChI is InChI=1S/C22H24N4O2/c23-21-25-22(14-20(27)26(21)16-9-11-28-12-10-16)13-17-18(22)7-4-8-19(17)24-15-5-2-1-3-6-15/h1-8,16,24H,9-14H2,(H2,23,25)/t22-/m0/s1. The summed E-state index contributed by atoms with van der Waals surface area (Å²) in [5.41, 5.74) is 4.02. The zero-order valence-electron chi connectivity index (χ0n) is 15.7. The smallest absolute Gasteiger partial charge is 0.232 e. The maximum Gasteiger partial charge on any atom is 0.232 e. The fourth-order valence-corrected chi connectivity index (χ4v) is 4.71. The van der Waals surface area contributed by atoms with E-state index in [0.717, 1.165) is 36.2 Å². The Labute approximate surface area is 164 Å². The number of carbonyl (C=O) groups is 1. The lowest BCUT2D eigenvalue weighted by Crippen LogP contribution is -2.66. The van der Waals surface area contributed by atoms with Gasteiger partial charge in [-0.15, -0.1) is 0 Å². The van der Waals surface area contributed by atoms with Crippen molar-refractivity contribution in [3.8, 4) is 0 Å². The van der Waals surface area contributed by atoms with Gasteiger partial charge in [0.2, 0.25) is 5.91 Å². The number of para-hydroxylation sites is 1. The van der Waals surface area contributed by atoms with Crippen molar-refractivity contribution in [1.29, 1.82) is 5.41 Å². The zero-order chi connectivity index (χ0) is 19.1. The maximum atomic E-state index is 13.0. The molecule has 3 N–H and O–H groups in total. The lowest BCUT2D eigenvalue weighted by Gasteiger charge is -2.51. The number of hydrogen-bond donors (Lipinski definition) is 3. The number of hydrogen-bond acceptors (Lipinski definition) is 4. The predicted octanol–water partition coefficient (Wildman–Crippen LogP) is 3.12. The van der Waals surface area contributed by atoms with Crippen LogP contribution in [-0.2, 0) is 21.5 Å². The van der Waals surface area contributed by atoms with E-state index in [9.17, 15) is 4.79 Å².